The highest BCUT2D eigenvalue weighted by atomic mass is 19.4. The maximum atomic E-state index is 13.2. The molecule has 18 heteroatoms. The van der Waals surface area contributed by atoms with Crippen molar-refractivity contribution in [2.24, 2.45) is 9.98 Å². The summed E-state index contributed by atoms with van der Waals surface area (Å²) in [5.41, 5.74) is -8.57. The van der Waals surface area contributed by atoms with Gasteiger partial charge < -0.3 is 9.47 Å². The summed E-state index contributed by atoms with van der Waals surface area (Å²) in [6.45, 7) is 0. The fourth-order valence-corrected chi connectivity index (χ4v) is 3.21. The van der Waals surface area contributed by atoms with Crippen LogP contribution in [0.5, 0.6) is 11.5 Å². The lowest BCUT2D eigenvalue weighted by Gasteiger charge is -2.20. The monoisotopic (exact) mass is 612 g/mol. The molecule has 220 valence electrons. The second-order valence-electron chi connectivity index (χ2n) is 7.90. The minimum absolute atomic E-state index is 0.165. The third kappa shape index (κ3) is 7.59. The molecule has 0 aliphatic heterocycles. The standard InChI is InChI=1S/C24H8F12N4O2/c25-21(26,27)11-1-12(22(28,29)30)4-15(3-11)41-19-7-18(40-10-38)20(8-17(19)39-9-37)42-16-5-13(23(31,32)33)2-14(6-16)24(34,35)36/h1-8H. The second kappa shape index (κ2) is 11.1. The first-order chi connectivity index (χ1) is 19.2. The van der Waals surface area contributed by atoms with Crippen molar-refractivity contribution in [3.05, 3.63) is 82.3 Å². The van der Waals surface area contributed by atoms with E-state index in [9.17, 15) is 52.7 Å². The Bertz CT molecular complexity index is 1410. The van der Waals surface area contributed by atoms with E-state index in [1.165, 1.54) is 12.4 Å². The van der Waals surface area contributed by atoms with Crippen molar-refractivity contribution in [2.45, 2.75) is 24.7 Å². The van der Waals surface area contributed by atoms with Crippen LogP contribution >= 0.6 is 0 Å². The van der Waals surface area contributed by atoms with Gasteiger partial charge in [0.15, 0.2) is 11.5 Å². The molecule has 2 aromatic rings. The Balaban J connectivity index is 2.11. The highest BCUT2D eigenvalue weighted by Crippen LogP contribution is 2.40. The Morgan fingerprint density at radius 1 is 0.476 bits per heavy atom. The zero-order valence-electron chi connectivity index (χ0n) is 19.8. The third-order valence-corrected chi connectivity index (χ3v) is 4.96. The van der Waals surface area contributed by atoms with Crippen molar-refractivity contribution in [1.82, 2.24) is 0 Å². The van der Waals surface area contributed by atoms with Crippen LogP contribution in [0.2, 0.25) is 0 Å². The normalized spacial score (nSPS) is 16.4. The highest BCUT2D eigenvalue weighted by Gasteiger charge is 2.39. The van der Waals surface area contributed by atoms with Crippen LogP contribution < -0.4 is 9.47 Å². The highest BCUT2D eigenvalue weighted by molar-refractivity contribution is 6.22. The number of aliphatic imine (C=N–C) groups is 2. The number of nitriles is 2. The number of benzene rings is 2. The summed E-state index contributed by atoms with van der Waals surface area (Å²) >= 11 is 0. The minimum atomic E-state index is -5.27. The second-order valence-corrected chi connectivity index (χ2v) is 7.90. The molecule has 0 saturated carbocycles. The quantitative estimate of drug-likeness (QED) is 0.200. The molecule has 0 N–H and O–H groups in total. The van der Waals surface area contributed by atoms with Gasteiger partial charge in [-0.3, -0.25) is 0 Å². The van der Waals surface area contributed by atoms with Crippen LogP contribution in [0.4, 0.5) is 52.7 Å². The molecule has 0 amide bonds. The smallest absolute Gasteiger partial charge is 0.416 e. The van der Waals surface area contributed by atoms with Gasteiger partial charge in [0, 0.05) is 12.2 Å². The summed E-state index contributed by atoms with van der Waals surface area (Å²) in [4.78, 5) is 6.47. The molecule has 0 heterocycles. The zero-order valence-corrected chi connectivity index (χ0v) is 19.8. The predicted octanol–water partition coefficient (Wildman–Crippen LogP) is 7.85. The van der Waals surface area contributed by atoms with Crippen molar-refractivity contribution in [3.63, 3.8) is 0 Å². The van der Waals surface area contributed by atoms with E-state index < -0.39 is 81.4 Å². The van der Waals surface area contributed by atoms with E-state index in [4.69, 9.17) is 20.0 Å². The van der Waals surface area contributed by atoms with Crippen LogP contribution in [0, 0.1) is 22.9 Å². The number of nitrogens with zero attached hydrogens (tertiary/aromatic N) is 4. The molecule has 0 radical (unpaired) electrons. The minimum Gasteiger partial charge on any atom is -0.455 e. The Labute approximate surface area is 225 Å². The number of hydrogen-bond donors (Lipinski definition) is 0. The molecule has 42 heavy (non-hydrogen) atoms. The van der Waals surface area contributed by atoms with Crippen LogP contribution in [0.3, 0.4) is 0 Å². The summed E-state index contributed by atoms with van der Waals surface area (Å²) in [5, 5.41) is 18.0. The van der Waals surface area contributed by atoms with Gasteiger partial charge in [-0.05, 0) is 36.4 Å². The average Bonchev–Trinajstić information content (AvgIpc) is 2.84. The maximum Gasteiger partial charge on any atom is 0.416 e. The summed E-state index contributed by atoms with van der Waals surface area (Å²) in [6, 6.07) is 0.253. The zero-order chi connectivity index (χ0) is 31.7. The summed E-state index contributed by atoms with van der Waals surface area (Å²) in [7, 11) is 0. The Hall–Kier alpha value is -5.00. The predicted molar refractivity (Wildman–Crippen MR) is 116 cm³/mol. The lowest BCUT2D eigenvalue weighted by atomic mass is 10.1. The van der Waals surface area contributed by atoms with Crippen LogP contribution in [0.15, 0.2) is 70.1 Å². The van der Waals surface area contributed by atoms with Gasteiger partial charge in [-0.1, -0.05) is 0 Å². The van der Waals surface area contributed by atoms with Crippen molar-refractivity contribution in [3.8, 4) is 23.9 Å². The first kappa shape index (κ1) is 31.5. The van der Waals surface area contributed by atoms with Crippen molar-refractivity contribution in [1.29, 1.82) is 10.5 Å². The summed E-state index contributed by atoms with van der Waals surface area (Å²) < 4.78 is 169. The topological polar surface area (TPSA) is 90.8 Å². The first-order valence-corrected chi connectivity index (χ1v) is 10.5. The molecule has 1 aliphatic rings. The SMILES string of the molecule is N#CN=C1C=C(Oc2cc(C(F)(F)F)cc(C(F)(F)F)c2)C(=NC#N)C=C1Oc1cc(C(F)(F)F)cc(C(F)(F)F)c1. The Morgan fingerprint density at radius 3 is 0.952 bits per heavy atom. The molecule has 0 spiro atoms. The lowest BCUT2D eigenvalue weighted by molar-refractivity contribution is -0.144. The largest absolute Gasteiger partial charge is 0.455 e. The van der Waals surface area contributed by atoms with Gasteiger partial charge in [0.1, 0.15) is 22.9 Å². The van der Waals surface area contributed by atoms with E-state index in [0.29, 0.717) is 12.2 Å². The van der Waals surface area contributed by atoms with E-state index in [1.807, 2.05) is 0 Å². The number of rotatable bonds is 4. The van der Waals surface area contributed by atoms with E-state index in [-0.39, 0.29) is 36.4 Å². The first-order valence-electron chi connectivity index (χ1n) is 10.5. The molecule has 3 rings (SSSR count). The molecular weight excluding hydrogens is 604 g/mol. The molecule has 6 nitrogen and oxygen atoms in total. The van der Waals surface area contributed by atoms with E-state index >= 15 is 0 Å². The molecule has 2 aromatic carbocycles. The van der Waals surface area contributed by atoms with E-state index in [0.717, 1.165) is 0 Å². The van der Waals surface area contributed by atoms with Crippen LogP contribution in [0.1, 0.15) is 22.3 Å². The summed E-state index contributed by atoms with van der Waals surface area (Å²) in [6.07, 6.45) is -17.4. The Kier molecular flexibility index (Phi) is 8.34. The molecule has 0 atom stereocenters. The van der Waals surface area contributed by atoms with E-state index in [2.05, 4.69) is 9.98 Å². The molecule has 0 unspecified atom stereocenters. The number of halogens is 12. The molecule has 0 aromatic heterocycles. The number of hydrogen-bond acceptors (Lipinski definition) is 6. The molecular formula is C24H8F12N4O2. The van der Waals surface area contributed by atoms with E-state index in [1.54, 1.807) is 0 Å². The van der Waals surface area contributed by atoms with Gasteiger partial charge in [-0.15, -0.1) is 0 Å². The van der Waals surface area contributed by atoms with Crippen molar-refractivity contribution < 1.29 is 62.2 Å². The van der Waals surface area contributed by atoms with Crippen molar-refractivity contribution in [2.75, 3.05) is 0 Å². The van der Waals surface area contributed by atoms with Gasteiger partial charge in [-0.25, -0.2) is 0 Å². The molecule has 0 fully saturated rings. The van der Waals surface area contributed by atoms with Gasteiger partial charge >= 0.3 is 24.7 Å². The van der Waals surface area contributed by atoms with Gasteiger partial charge in [0.05, 0.1) is 22.3 Å². The lowest BCUT2D eigenvalue weighted by Crippen LogP contribution is -2.21. The molecule has 0 saturated heterocycles. The molecule has 0 bridgehead atoms. The van der Waals surface area contributed by atoms with Crippen LogP contribution in [-0.2, 0) is 24.7 Å². The number of alkyl halides is 12. The summed E-state index contributed by atoms with van der Waals surface area (Å²) in [5.74, 6) is -3.72. The van der Waals surface area contributed by atoms with Crippen molar-refractivity contribution >= 4 is 11.4 Å². The van der Waals surface area contributed by atoms with Gasteiger partial charge in [-0.2, -0.15) is 73.2 Å². The number of allylic oxidation sites excluding steroid dienone is 2. The molecule has 1 aliphatic carbocycles. The van der Waals surface area contributed by atoms with Crippen LogP contribution in [-0.4, -0.2) is 11.4 Å². The maximum absolute atomic E-state index is 13.2. The fraction of sp³-hybridized carbons (Fsp3) is 0.167. The average molecular weight is 612 g/mol. The van der Waals surface area contributed by atoms with Crippen LogP contribution in [0.25, 0.3) is 0 Å². The van der Waals surface area contributed by atoms with Gasteiger partial charge in [0.25, 0.3) is 0 Å². The third-order valence-electron chi connectivity index (χ3n) is 4.96. The number of ether oxygens (including phenoxy) is 2. The Morgan fingerprint density at radius 2 is 0.738 bits per heavy atom. The fourth-order valence-electron chi connectivity index (χ4n) is 3.21. The van der Waals surface area contributed by atoms with Gasteiger partial charge in [0.2, 0.25) is 12.4 Å².